The fraction of sp³-hybridized carbons (Fsp3) is 0.611. The van der Waals surface area contributed by atoms with Crippen LogP contribution in [0.15, 0.2) is 24.3 Å². The normalized spacial score (nSPS) is 28.0. The number of amides is 1. The Hall–Kier alpha value is -1.42. The van der Waals surface area contributed by atoms with Crippen molar-refractivity contribution in [2.24, 2.45) is 5.92 Å². The molecule has 1 saturated carbocycles. The summed E-state index contributed by atoms with van der Waals surface area (Å²) < 4.78 is 12.9. The SMILES string of the molecule is O=C(C[NH+]1CCC[C@H]2CCCC[C@@H]21)NCc1ccc(F)cc1. The molecule has 1 aromatic carbocycles. The van der Waals surface area contributed by atoms with Gasteiger partial charge in [0.05, 0.1) is 12.6 Å². The van der Waals surface area contributed by atoms with Gasteiger partial charge in [0, 0.05) is 12.5 Å². The Morgan fingerprint density at radius 2 is 1.86 bits per heavy atom. The van der Waals surface area contributed by atoms with E-state index in [9.17, 15) is 9.18 Å². The molecule has 0 aromatic heterocycles. The maximum absolute atomic E-state index is 12.9. The maximum atomic E-state index is 12.9. The van der Waals surface area contributed by atoms with Crippen molar-refractivity contribution >= 4 is 5.91 Å². The highest BCUT2D eigenvalue weighted by atomic mass is 19.1. The summed E-state index contributed by atoms with van der Waals surface area (Å²) in [5.74, 6) is 0.712. The van der Waals surface area contributed by atoms with Crippen LogP contribution in [0, 0.1) is 11.7 Å². The van der Waals surface area contributed by atoms with Crippen molar-refractivity contribution in [2.45, 2.75) is 51.1 Å². The quantitative estimate of drug-likeness (QED) is 0.872. The summed E-state index contributed by atoms with van der Waals surface area (Å²) in [6.07, 6.45) is 7.93. The number of hydrogen-bond donors (Lipinski definition) is 2. The summed E-state index contributed by atoms with van der Waals surface area (Å²) in [5.41, 5.74) is 0.943. The van der Waals surface area contributed by atoms with E-state index in [1.165, 1.54) is 55.6 Å². The Labute approximate surface area is 131 Å². The van der Waals surface area contributed by atoms with Crippen LogP contribution in [-0.4, -0.2) is 25.0 Å². The van der Waals surface area contributed by atoms with Crippen molar-refractivity contribution < 1.29 is 14.1 Å². The van der Waals surface area contributed by atoms with Gasteiger partial charge in [0.2, 0.25) is 0 Å². The Balaban J connectivity index is 1.49. The van der Waals surface area contributed by atoms with Crippen molar-refractivity contribution in [2.75, 3.05) is 13.1 Å². The molecule has 1 saturated heterocycles. The summed E-state index contributed by atoms with van der Waals surface area (Å²) in [5, 5.41) is 2.98. The first-order valence-corrected chi connectivity index (χ1v) is 8.58. The highest BCUT2D eigenvalue weighted by molar-refractivity contribution is 5.76. The van der Waals surface area contributed by atoms with Crippen LogP contribution in [-0.2, 0) is 11.3 Å². The van der Waals surface area contributed by atoms with Crippen molar-refractivity contribution in [1.29, 1.82) is 0 Å². The molecule has 0 radical (unpaired) electrons. The lowest BCUT2D eigenvalue weighted by Crippen LogP contribution is -3.18. The van der Waals surface area contributed by atoms with Gasteiger partial charge in [-0.1, -0.05) is 18.6 Å². The maximum Gasteiger partial charge on any atom is 0.275 e. The number of quaternary nitrogens is 1. The molecule has 1 amide bonds. The van der Waals surface area contributed by atoms with E-state index in [1.807, 2.05) is 0 Å². The van der Waals surface area contributed by atoms with E-state index in [1.54, 1.807) is 12.1 Å². The number of piperidine rings is 1. The molecule has 3 nitrogen and oxygen atoms in total. The fourth-order valence-electron chi connectivity index (χ4n) is 4.16. The van der Waals surface area contributed by atoms with Crippen LogP contribution >= 0.6 is 0 Å². The third-order valence-corrected chi connectivity index (χ3v) is 5.30. The van der Waals surface area contributed by atoms with Gasteiger partial charge in [0.25, 0.3) is 5.91 Å². The first-order chi connectivity index (χ1) is 10.7. The number of nitrogens with one attached hydrogen (secondary N) is 2. The Bertz CT molecular complexity index is 500. The standard InChI is InChI=1S/C18H25FN2O/c19-16-9-7-14(8-10-16)12-20-18(22)13-21-11-3-5-15-4-1-2-6-17(15)21/h7-10,15,17H,1-6,11-13H2,(H,20,22)/p+1/t15-,17+/m1/s1. The lowest BCUT2D eigenvalue weighted by atomic mass is 9.78. The number of hydrogen-bond acceptors (Lipinski definition) is 1. The van der Waals surface area contributed by atoms with Crippen LogP contribution in [0.2, 0.25) is 0 Å². The third-order valence-electron chi connectivity index (χ3n) is 5.30. The first kappa shape index (κ1) is 15.5. The van der Waals surface area contributed by atoms with Crippen molar-refractivity contribution in [1.82, 2.24) is 5.32 Å². The zero-order valence-electron chi connectivity index (χ0n) is 13.1. The predicted octanol–water partition coefficient (Wildman–Crippen LogP) is 1.68. The minimum absolute atomic E-state index is 0.116. The Morgan fingerprint density at radius 1 is 1.14 bits per heavy atom. The zero-order valence-corrected chi connectivity index (χ0v) is 13.1. The second-order valence-corrected chi connectivity index (χ2v) is 6.78. The number of benzene rings is 1. The van der Waals surface area contributed by atoms with Crippen molar-refractivity contribution in [3.8, 4) is 0 Å². The number of rotatable bonds is 4. The zero-order chi connectivity index (χ0) is 15.4. The van der Waals surface area contributed by atoms with Crippen LogP contribution < -0.4 is 10.2 Å². The predicted molar refractivity (Wildman–Crippen MR) is 83.9 cm³/mol. The van der Waals surface area contributed by atoms with E-state index in [2.05, 4.69) is 5.32 Å². The number of carbonyl (C=O) groups is 1. The Kier molecular flexibility index (Phi) is 5.08. The Morgan fingerprint density at radius 3 is 2.68 bits per heavy atom. The van der Waals surface area contributed by atoms with E-state index in [0.29, 0.717) is 19.1 Å². The summed E-state index contributed by atoms with van der Waals surface area (Å²) in [7, 11) is 0. The molecule has 0 bridgehead atoms. The monoisotopic (exact) mass is 305 g/mol. The molecule has 4 heteroatoms. The molecule has 0 spiro atoms. The smallest absolute Gasteiger partial charge is 0.275 e. The lowest BCUT2D eigenvalue weighted by Gasteiger charge is -2.40. The largest absolute Gasteiger partial charge is 0.347 e. The molecule has 3 rings (SSSR count). The lowest BCUT2D eigenvalue weighted by molar-refractivity contribution is -0.928. The van der Waals surface area contributed by atoms with E-state index in [0.717, 1.165) is 18.0 Å². The van der Waals surface area contributed by atoms with E-state index >= 15 is 0 Å². The van der Waals surface area contributed by atoms with Gasteiger partial charge in [-0.2, -0.15) is 0 Å². The van der Waals surface area contributed by atoms with E-state index < -0.39 is 0 Å². The van der Waals surface area contributed by atoms with Gasteiger partial charge in [-0.3, -0.25) is 4.79 Å². The minimum Gasteiger partial charge on any atom is -0.347 e. The van der Waals surface area contributed by atoms with E-state index in [-0.39, 0.29) is 11.7 Å². The molecular formula is C18H26FN2O+. The summed E-state index contributed by atoms with van der Waals surface area (Å²) in [6.45, 7) is 2.20. The number of halogens is 1. The van der Waals surface area contributed by atoms with Gasteiger partial charge < -0.3 is 10.2 Å². The summed E-state index contributed by atoms with van der Waals surface area (Å²) >= 11 is 0. The van der Waals surface area contributed by atoms with Crippen LogP contribution in [0.4, 0.5) is 4.39 Å². The second kappa shape index (κ2) is 7.23. The molecular weight excluding hydrogens is 279 g/mol. The molecule has 120 valence electrons. The van der Waals surface area contributed by atoms with Crippen LogP contribution in [0.25, 0.3) is 0 Å². The second-order valence-electron chi connectivity index (χ2n) is 6.78. The fourth-order valence-corrected chi connectivity index (χ4v) is 4.16. The van der Waals surface area contributed by atoms with Gasteiger partial charge >= 0.3 is 0 Å². The summed E-state index contributed by atoms with van der Waals surface area (Å²) in [6, 6.07) is 7.01. The van der Waals surface area contributed by atoms with Crippen LogP contribution in [0.1, 0.15) is 44.1 Å². The molecule has 22 heavy (non-hydrogen) atoms. The molecule has 3 atom stereocenters. The van der Waals surface area contributed by atoms with Gasteiger partial charge in [0.1, 0.15) is 5.82 Å². The number of fused-ring (bicyclic) bond motifs is 1. The molecule has 1 aliphatic carbocycles. The highest BCUT2D eigenvalue weighted by Gasteiger charge is 2.37. The van der Waals surface area contributed by atoms with Gasteiger partial charge in [0.15, 0.2) is 6.54 Å². The van der Waals surface area contributed by atoms with E-state index in [4.69, 9.17) is 0 Å². The molecule has 1 aromatic rings. The first-order valence-electron chi connectivity index (χ1n) is 8.58. The molecule has 1 unspecified atom stereocenters. The van der Waals surface area contributed by atoms with Crippen molar-refractivity contribution in [3.63, 3.8) is 0 Å². The van der Waals surface area contributed by atoms with Gasteiger partial charge in [-0.15, -0.1) is 0 Å². The van der Waals surface area contributed by atoms with Gasteiger partial charge in [-0.25, -0.2) is 4.39 Å². The van der Waals surface area contributed by atoms with Crippen LogP contribution in [0.3, 0.4) is 0 Å². The molecule has 1 aliphatic heterocycles. The third kappa shape index (κ3) is 3.86. The molecule has 2 aliphatic rings. The molecule has 1 heterocycles. The van der Waals surface area contributed by atoms with Crippen molar-refractivity contribution in [3.05, 3.63) is 35.6 Å². The minimum atomic E-state index is -0.240. The average molecular weight is 305 g/mol. The summed E-state index contributed by atoms with van der Waals surface area (Å²) in [4.78, 5) is 13.7. The number of carbonyl (C=O) groups excluding carboxylic acids is 1. The van der Waals surface area contributed by atoms with Gasteiger partial charge in [-0.05, 0) is 49.8 Å². The number of likely N-dealkylation sites (tertiary alicyclic amines) is 1. The highest BCUT2D eigenvalue weighted by Crippen LogP contribution is 2.28. The molecule has 2 fully saturated rings. The average Bonchev–Trinajstić information content (AvgIpc) is 2.55. The van der Waals surface area contributed by atoms with Crippen LogP contribution in [0.5, 0.6) is 0 Å². The molecule has 2 N–H and O–H groups in total. The topological polar surface area (TPSA) is 33.5 Å².